The van der Waals surface area contributed by atoms with Gasteiger partial charge in [0.1, 0.15) is 0 Å². The van der Waals surface area contributed by atoms with Gasteiger partial charge >= 0.3 is 11.1 Å². The largest absolute Gasteiger partial charge is 0.345 e. The van der Waals surface area contributed by atoms with Crippen molar-refractivity contribution in [2.24, 2.45) is 5.92 Å². The number of rotatable bonds is 5. The molecule has 3 rings (SSSR count). The summed E-state index contributed by atoms with van der Waals surface area (Å²) in [6.07, 6.45) is 0. The normalized spacial score (nSPS) is 12.3. The molecule has 0 aliphatic carbocycles. The Morgan fingerprint density at radius 1 is 1.11 bits per heavy atom. The summed E-state index contributed by atoms with van der Waals surface area (Å²) in [5.74, 6) is -0.0172. The molecule has 6 nitrogen and oxygen atoms in total. The summed E-state index contributed by atoms with van der Waals surface area (Å²) in [6, 6.07) is 14.7. The van der Waals surface area contributed by atoms with Crippen LogP contribution in [0.1, 0.15) is 42.7 Å². The fourth-order valence-electron chi connectivity index (χ4n) is 3.25. The molecule has 1 amide bonds. The first-order chi connectivity index (χ1) is 12.9. The van der Waals surface area contributed by atoms with Crippen molar-refractivity contribution in [3.05, 3.63) is 80.4 Å². The number of fused-ring (bicyclic) bond motifs is 1. The highest BCUT2D eigenvalue weighted by molar-refractivity contribution is 5.97. The zero-order chi connectivity index (χ0) is 19.6. The van der Waals surface area contributed by atoms with Crippen LogP contribution >= 0.6 is 0 Å². The van der Waals surface area contributed by atoms with E-state index < -0.39 is 11.1 Å². The van der Waals surface area contributed by atoms with E-state index in [1.54, 1.807) is 25.1 Å². The van der Waals surface area contributed by atoms with Crippen LogP contribution in [0, 0.1) is 5.92 Å². The molecule has 1 atom stereocenters. The highest BCUT2D eigenvalue weighted by Crippen LogP contribution is 2.22. The number of hydrogen-bond donors (Lipinski definition) is 2. The first kappa shape index (κ1) is 18.6. The van der Waals surface area contributed by atoms with E-state index in [0.29, 0.717) is 23.1 Å². The summed E-state index contributed by atoms with van der Waals surface area (Å²) >= 11 is 0. The number of carbonyl (C=O) groups is 1. The van der Waals surface area contributed by atoms with Crippen molar-refractivity contribution in [3.63, 3.8) is 0 Å². The molecule has 0 saturated heterocycles. The second-order valence-corrected chi connectivity index (χ2v) is 6.84. The van der Waals surface area contributed by atoms with Gasteiger partial charge in [0.25, 0.3) is 5.91 Å². The van der Waals surface area contributed by atoms with Crippen LogP contribution in [0.4, 0.5) is 0 Å². The Labute approximate surface area is 156 Å². The Kier molecular flexibility index (Phi) is 5.26. The molecule has 0 fully saturated rings. The molecule has 1 aromatic heterocycles. The molecule has 1 unspecified atom stereocenters. The van der Waals surface area contributed by atoms with Crippen LogP contribution in [0.15, 0.2) is 58.1 Å². The maximum Gasteiger partial charge on any atom is 0.316 e. The van der Waals surface area contributed by atoms with Crippen LogP contribution < -0.4 is 16.4 Å². The van der Waals surface area contributed by atoms with Crippen molar-refractivity contribution in [2.45, 2.75) is 33.4 Å². The molecule has 6 heteroatoms. The van der Waals surface area contributed by atoms with Crippen LogP contribution in [0.2, 0.25) is 0 Å². The molecular formula is C21H23N3O3. The van der Waals surface area contributed by atoms with Crippen molar-refractivity contribution in [1.29, 1.82) is 0 Å². The standard InChI is InChI=1S/C21H23N3O3/c1-4-24-17-11-10-15(12-16(17)22-20(26)21(24)27)19(25)23-18(13(2)3)14-8-6-5-7-9-14/h5-13,18H,4H2,1-3H3,(H,22,26)(H,23,25). The Hall–Kier alpha value is -3.15. The average Bonchev–Trinajstić information content (AvgIpc) is 2.67. The third-order valence-electron chi connectivity index (χ3n) is 4.67. The summed E-state index contributed by atoms with van der Waals surface area (Å²) < 4.78 is 1.40. The van der Waals surface area contributed by atoms with Gasteiger partial charge < -0.3 is 14.9 Å². The number of aromatic nitrogens is 2. The molecular weight excluding hydrogens is 342 g/mol. The summed E-state index contributed by atoms with van der Waals surface area (Å²) in [5, 5.41) is 3.07. The first-order valence-electron chi connectivity index (χ1n) is 9.05. The molecule has 2 N–H and O–H groups in total. The highest BCUT2D eigenvalue weighted by atomic mass is 16.2. The third kappa shape index (κ3) is 3.69. The molecule has 0 bridgehead atoms. The first-order valence-corrected chi connectivity index (χ1v) is 9.05. The quantitative estimate of drug-likeness (QED) is 0.682. The maximum absolute atomic E-state index is 12.8. The van der Waals surface area contributed by atoms with E-state index in [1.165, 1.54) is 4.57 Å². The Bertz CT molecular complexity index is 1080. The molecule has 1 heterocycles. The smallest absolute Gasteiger partial charge is 0.316 e. The van der Waals surface area contributed by atoms with Crippen molar-refractivity contribution in [2.75, 3.05) is 0 Å². The summed E-state index contributed by atoms with van der Waals surface area (Å²) in [7, 11) is 0. The van der Waals surface area contributed by atoms with Gasteiger partial charge in [0.2, 0.25) is 0 Å². The number of H-pyrrole nitrogens is 1. The molecule has 2 aromatic carbocycles. The van der Waals surface area contributed by atoms with Crippen LogP contribution in [0.25, 0.3) is 11.0 Å². The lowest BCUT2D eigenvalue weighted by Crippen LogP contribution is -2.36. The zero-order valence-electron chi connectivity index (χ0n) is 15.7. The molecule has 0 spiro atoms. The number of aryl methyl sites for hydroxylation is 1. The summed E-state index contributed by atoms with van der Waals surface area (Å²) in [4.78, 5) is 39.2. The molecule has 0 saturated carbocycles. The number of hydrogen-bond acceptors (Lipinski definition) is 3. The minimum Gasteiger partial charge on any atom is -0.345 e. The Morgan fingerprint density at radius 3 is 2.44 bits per heavy atom. The van der Waals surface area contributed by atoms with Crippen molar-refractivity contribution in [3.8, 4) is 0 Å². The number of amides is 1. The van der Waals surface area contributed by atoms with E-state index in [0.717, 1.165) is 5.56 Å². The molecule has 27 heavy (non-hydrogen) atoms. The minimum atomic E-state index is -0.689. The third-order valence-corrected chi connectivity index (χ3v) is 4.67. The van der Waals surface area contributed by atoms with E-state index in [2.05, 4.69) is 24.1 Å². The van der Waals surface area contributed by atoms with Gasteiger partial charge in [-0.1, -0.05) is 44.2 Å². The van der Waals surface area contributed by atoms with Crippen LogP contribution in [0.5, 0.6) is 0 Å². The van der Waals surface area contributed by atoms with E-state index in [9.17, 15) is 14.4 Å². The Balaban J connectivity index is 1.97. The van der Waals surface area contributed by atoms with Gasteiger partial charge in [-0.25, -0.2) is 0 Å². The molecule has 3 aromatic rings. The lowest BCUT2D eigenvalue weighted by molar-refractivity contribution is 0.0925. The number of aromatic amines is 1. The van der Waals surface area contributed by atoms with Gasteiger partial charge in [-0.2, -0.15) is 0 Å². The maximum atomic E-state index is 12.8. The Morgan fingerprint density at radius 2 is 1.81 bits per heavy atom. The fourth-order valence-corrected chi connectivity index (χ4v) is 3.25. The van der Waals surface area contributed by atoms with Crippen molar-refractivity contribution < 1.29 is 4.79 Å². The van der Waals surface area contributed by atoms with Crippen molar-refractivity contribution >= 4 is 16.9 Å². The SMILES string of the molecule is CCn1c(=O)c(=O)[nH]c2cc(C(=O)NC(c3ccccc3)C(C)C)ccc21. The highest BCUT2D eigenvalue weighted by Gasteiger charge is 2.19. The molecule has 0 radical (unpaired) electrons. The van der Waals surface area contributed by atoms with Crippen LogP contribution in [-0.4, -0.2) is 15.5 Å². The number of nitrogens with one attached hydrogen (secondary N) is 2. The summed E-state index contributed by atoms with van der Waals surface area (Å²) in [6.45, 7) is 6.29. The average molecular weight is 365 g/mol. The van der Waals surface area contributed by atoms with Gasteiger partial charge in [-0.3, -0.25) is 14.4 Å². The summed E-state index contributed by atoms with van der Waals surface area (Å²) in [5.41, 5.74) is 1.25. The van der Waals surface area contributed by atoms with Crippen molar-refractivity contribution in [1.82, 2.24) is 14.9 Å². The van der Waals surface area contributed by atoms with Gasteiger partial charge in [0, 0.05) is 12.1 Å². The van der Waals surface area contributed by atoms with E-state index in [1.807, 2.05) is 30.3 Å². The van der Waals surface area contributed by atoms with Crippen LogP contribution in [-0.2, 0) is 6.54 Å². The predicted octanol–water partition coefficient (Wildman–Crippen LogP) is 2.84. The number of carbonyl (C=O) groups excluding carboxylic acids is 1. The van der Waals surface area contributed by atoms with Gasteiger partial charge in [-0.05, 0) is 36.6 Å². The van der Waals surface area contributed by atoms with E-state index >= 15 is 0 Å². The predicted molar refractivity (Wildman–Crippen MR) is 106 cm³/mol. The van der Waals surface area contributed by atoms with Gasteiger partial charge in [-0.15, -0.1) is 0 Å². The van der Waals surface area contributed by atoms with Gasteiger partial charge in [0.15, 0.2) is 0 Å². The molecule has 0 aliphatic rings. The lowest BCUT2D eigenvalue weighted by Gasteiger charge is -2.23. The van der Waals surface area contributed by atoms with E-state index in [4.69, 9.17) is 0 Å². The molecule has 140 valence electrons. The second kappa shape index (κ2) is 7.61. The van der Waals surface area contributed by atoms with Crippen LogP contribution in [0.3, 0.4) is 0 Å². The number of nitrogens with zero attached hydrogens (tertiary/aromatic N) is 1. The minimum absolute atomic E-state index is 0.127. The lowest BCUT2D eigenvalue weighted by atomic mass is 9.95. The monoisotopic (exact) mass is 365 g/mol. The van der Waals surface area contributed by atoms with E-state index in [-0.39, 0.29) is 17.9 Å². The van der Waals surface area contributed by atoms with Gasteiger partial charge in [0.05, 0.1) is 17.1 Å². The second-order valence-electron chi connectivity index (χ2n) is 6.84. The number of benzene rings is 2. The molecule has 0 aliphatic heterocycles. The zero-order valence-corrected chi connectivity index (χ0v) is 15.7. The topological polar surface area (TPSA) is 84.0 Å². The fraction of sp³-hybridized carbons (Fsp3) is 0.286.